The molecule has 134 valence electrons. The Labute approximate surface area is 164 Å². The van der Waals surface area contributed by atoms with Crippen LogP contribution in [0.15, 0.2) is 51.9 Å². The zero-order valence-corrected chi connectivity index (χ0v) is 16.9. The molecule has 2 heterocycles. The topological polar surface area (TPSA) is 63.5 Å². The fourth-order valence-electron chi connectivity index (χ4n) is 2.46. The molecule has 0 radical (unpaired) electrons. The third kappa shape index (κ3) is 4.53. The third-order valence-electron chi connectivity index (χ3n) is 3.95. The predicted molar refractivity (Wildman–Crippen MR) is 110 cm³/mol. The molecule has 0 saturated carbocycles. The molecular weight excluding hydrogens is 414 g/mol. The average molecular weight is 432 g/mol. The Bertz CT molecular complexity index is 1030. The molecule has 0 fully saturated rings. The minimum absolute atomic E-state index is 0.0697. The van der Waals surface area contributed by atoms with Crippen LogP contribution in [0.3, 0.4) is 0 Å². The second-order valence-corrected chi connectivity index (χ2v) is 7.90. The number of aromatic nitrogens is 2. The second kappa shape index (κ2) is 8.05. The number of pyridine rings is 1. The molecule has 0 aliphatic rings. The molecule has 3 aromatic rings. The lowest BCUT2D eigenvalue weighted by molar-refractivity contribution is -0.113. The molecule has 2 aromatic heterocycles. The fourth-order valence-corrected chi connectivity index (χ4v) is 3.52. The molecule has 3 rings (SSSR count). The molecule has 0 aliphatic heterocycles. The largest absolute Gasteiger partial charge is 0.325 e. The number of fused-ring (bicyclic) bond motifs is 1. The molecule has 0 saturated heterocycles. The van der Waals surface area contributed by atoms with Gasteiger partial charge in [-0.2, -0.15) is 0 Å². The number of carbonyl (C=O) groups excluding carboxylic acids is 1. The summed E-state index contributed by atoms with van der Waals surface area (Å²) in [7, 11) is 0. The van der Waals surface area contributed by atoms with Gasteiger partial charge in [0.05, 0.1) is 11.4 Å². The summed E-state index contributed by atoms with van der Waals surface area (Å²) in [5, 5.41) is 2.89. The molecule has 26 heavy (non-hydrogen) atoms. The number of hydrogen-bond donors (Lipinski definition) is 1. The van der Waals surface area contributed by atoms with E-state index in [-0.39, 0.29) is 11.5 Å². The van der Waals surface area contributed by atoms with E-state index in [4.69, 9.17) is 0 Å². The van der Waals surface area contributed by atoms with E-state index >= 15 is 0 Å². The lowest BCUT2D eigenvalue weighted by atomic mass is 10.1. The highest BCUT2D eigenvalue weighted by Crippen LogP contribution is 2.16. The van der Waals surface area contributed by atoms with Crippen molar-refractivity contribution in [1.82, 2.24) is 9.38 Å². The summed E-state index contributed by atoms with van der Waals surface area (Å²) in [5.41, 5.74) is 4.26. The Morgan fingerprint density at radius 1 is 1.19 bits per heavy atom. The van der Waals surface area contributed by atoms with Gasteiger partial charge in [0.1, 0.15) is 5.65 Å². The number of rotatable bonds is 5. The zero-order valence-electron chi connectivity index (χ0n) is 14.5. The summed E-state index contributed by atoms with van der Waals surface area (Å²) >= 11 is 4.77. The predicted octanol–water partition coefficient (Wildman–Crippen LogP) is 3.95. The van der Waals surface area contributed by atoms with Gasteiger partial charge in [-0.05, 0) is 65.2 Å². The lowest BCUT2D eigenvalue weighted by Crippen LogP contribution is -2.16. The number of halogens is 1. The molecular formula is C19H18BrN3O2S. The first-order valence-corrected chi connectivity index (χ1v) is 10.00. The molecule has 0 spiro atoms. The van der Waals surface area contributed by atoms with E-state index in [9.17, 15) is 9.59 Å². The lowest BCUT2D eigenvalue weighted by Gasteiger charge is -2.08. The van der Waals surface area contributed by atoms with E-state index in [1.165, 1.54) is 27.8 Å². The summed E-state index contributed by atoms with van der Waals surface area (Å²) in [6.07, 6.45) is 1.69. The number of thioether (sulfide) groups is 1. The van der Waals surface area contributed by atoms with E-state index in [0.29, 0.717) is 22.8 Å². The fraction of sp³-hybridized carbons (Fsp3) is 0.211. The SMILES string of the molecule is Cc1ccc(NC(=O)CSCc2cc(=O)n3cc(Br)ccc3n2)cc1C. The molecule has 0 aliphatic carbocycles. The van der Waals surface area contributed by atoms with Crippen LogP contribution in [0, 0.1) is 13.8 Å². The monoisotopic (exact) mass is 431 g/mol. The van der Waals surface area contributed by atoms with Gasteiger partial charge in [0.15, 0.2) is 0 Å². The van der Waals surface area contributed by atoms with Crippen molar-refractivity contribution in [3.8, 4) is 0 Å². The highest BCUT2D eigenvalue weighted by molar-refractivity contribution is 9.10. The summed E-state index contributed by atoms with van der Waals surface area (Å²) < 4.78 is 2.31. The van der Waals surface area contributed by atoms with Crippen molar-refractivity contribution in [3.63, 3.8) is 0 Å². The molecule has 0 unspecified atom stereocenters. The summed E-state index contributed by atoms with van der Waals surface area (Å²) in [6, 6.07) is 11.0. The summed E-state index contributed by atoms with van der Waals surface area (Å²) in [4.78, 5) is 28.7. The quantitative estimate of drug-likeness (QED) is 0.664. The highest BCUT2D eigenvalue weighted by Gasteiger charge is 2.07. The number of hydrogen-bond acceptors (Lipinski definition) is 4. The van der Waals surface area contributed by atoms with Gasteiger partial charge in [0.2, 0.25) is 5.91 Å². The Kier molecular flexibility index (Phi) is 5.78. The molecule has 1 N–H and O–H groups in total. The molecule has 5 nitrogen and oxygen atoms in total. The number of benzene rings is 1. The van der Waals surface area contributed by atoms with Crippen molar-refractivity contribution < 1.29 is 4.79 Å². The van der Waals surface area contributed by atoms with Crippen molar-refractivity contribution in [2.45, 2.75) is 19.6 Å². The minimum Gasteiger partial charge on any atom is -0.325 e. The van der Waals surface area contributed by atoms with Gasteiger partial charge >= 0.3 is 0 Å². The summed E-state index contributed by atoms with van der Waals surface area (Å²) in [6.45, 7) is 4.05. The van der Waals surface area contributed by atoms with E-state index < -0.39 is 0 Å². The first kappa shape index (κ1) is 18.7. The maximum Gasteiger partial charge on any atom is 0.258 e. The number of anilines is 1. The zero-order chi connectivity index (χ0) is 18.7. The average Bonchev–Trinajstić information content (AvgIpc) is 2.59. The Morgan fingerprint density at radius 2 is 2.00 bits per heavy atom. The van der Waals surface area contributed by atoms with Crippen LogP contribution in [-0.2, 0) is 10.5 Å². The van der Waals surface area contributed by atoms with Crippen LogP contribution in [0.2, 0.25) is 0 Å². The van der Waals surface area contributed by atoms with Gasteiger partial charge in [-0.25, -0.2) is 4.98 Å². The van der Waals surface area contributed by atoms with Crippen LogP contribution < -0.4 is 10.9 Å². The van der Waals surface area contributed by atoms with E-state index in [2.05, 4.69) is 26.2 Å². The van der Waals surface area contributed by atoms with E-state index in [1.807, 2.05) is 38.1 Å². The maximum atomic E-state index is 12.2. The molecule has 1 aromatic carbocycles. The Balaban J connectivity index is 1.60. The second-order valence-electron chi connectivity index (χ2n) is 6.00. The molecule has 0 bridgehead atoms. The number of amides is 1. The van der Waals surface area contributed by atoms with Crippen LogP contribution in [-0.4, -0.2) is 21.0 Å². The van der Waals surface area contributed by atoms with Crippen LogP contribution >= 0.6 is 27.7 Å². The number of aryl methyl sites for hydroxylation is 2. The van der Waals surface area contributed by atoms with Crippen LogP contribution in [0.25, 0.3) is 5.65 Å². The molecule has 1 amide bonds. The van der Waals surface area contributed by atoms with Crippen molar-refractivity contribution >= 4 is 44.9 Å². The standard InChI is InChI=1S/C19H18BrN3O2S/c1-12-3-5-15(7-13(12)2)22-18(24)11-26-10-16-8-19(25)23-9-14(20)4-6-17(23)21-16/h3-9H,10-11H2,1-2H3,(H,22,24). The van der Waals surface area contributed by atoms with Crippen LogP contribution in [0.5, 0.6) is 0 Å². The van der Waals surface area contributed by atoms with Crippen LogP contribution in [0.1, 0.15) is 16.8 Å². The Morgan fingerprint density at radius 3 is 2.77 bits per heavy atom. The van der Waals surface area contributed by atoms with Gasteiger partial charge in [-0.3, -0.25) is 14.0 Å². The number of nitrogens with one attached hydrogen (secondary N) is 1. The molecule has 7 heteroatoms. The third-order valence-corrected chi connectivity index (χ3v) is 5.39. The summed E-state index contributed by atoms with van der Waals surface area (Å²) in [5.74, 6) is 0.732. The van der Waals surface area contributed by atoms with Gasteiger partial charge in [-0.1, -0.05) is 6.07 Å². The molecule has 0 atom stereocenters. The smallest absolute Gasteiger partial charge is 0.258 e. The first-order chi connectivity index (χ1) is 12.4. The maximum absolute atomic E-state index is 12.2. The van der Waals surface area contributed by atoms with Gasteiger partial charge < -0.3 is 5.32 Å². The van der Waals surface area contributed by atoms with Crippen molar-refractivity contribution in [2.75, 3.05) is 11.1 Å². The van der Waals surface area contributed by atoms with E-state index in [1.54, 1.807) is 12.3 Å². The minimum atomic E-state index is -0.133. The first-order valence-electron chi connectivity index (χ1n) is 8.05. The van der Waals surface area contributed by atoms with E-state index in [0.717, 1.165) is 15.7 Å². The van der Waals surface area contributed by atoms with Gasteiger partial charge in [0, 0.05) is 28.2 Å². The van der Waals surface area contributed by atoms with Crippen molar-refractivity contribution in [3.05, 3.63) is 74.2 Å². The van der Waals surface area contributed by atoms with Crippen LogP contribution in [0.4, 0.5) is 5.69 Å². The Hall–Kier alpha value is -2.12. The number of carbonyl (C=O) groups is 1. The van der Waals surface area contributed by atoms with Crippen molar-refractivity contribution in [1.29, 1.82) is 0 Å². The van der Waals surface area contributed by atoms with Gasteiger partial charge in [0.25, 0.3) is 5.56 Å². The van der Waals surface area contributed by atoms with Crippen molar-refractivity contribution in [2.24, 2.45) is 0 Å². The normalized spacial score (nSPS) is 10.9. The van der Waals surface area contributed by atoms with Gasteiger partial charge in [-0.15, -0.1) is 11.8 Å². The highest BCUT2D eigenvalue weighted by atomic mass is 79.9. The number of nitrogens with zero attached hydrogens (tertiary/aromatic N) is 2.